The molecule has 0 aliphatic carbocycles. The van der Waals surface area contributed by atoms with Crippen LogP contribution in [-0.4, -0.2) is 27.6 Å². The molecule has 20 heavy (non-hydrogen) atoms. The molecule has 1 fully saturated rings. The molecule has 0 saturated carbocycles. The van der Waals surface area contributed by atoms with Gasteiger partial charge in [-0.15, -0.1) is 11.3 Å². The Hall–Kier alpha value is -1.40. The molecule has 104 valence electrons. The molecule has 6 heteroatoms. The Balaban J connectivity index is 1.86. The molecular weight excluding hydrogens is 340 g/mol. The van der Waals surface area contributed by atoms with Crippen LogP contribution in [0.1, 0.15) is 23.9 Å². The molecule has 2 heterocycles. The summed E-state index contributed by atoms with van der Waals surface area (Å²) in [4.78, 5) is 17.3. The Bertz CT molecular complexity index is 626. The summed E-state index contributed by atoms with van der Waals surface area (Å²) < 4.78 is 1.03. The summed E-state index contributed by atoms with van der Waals surface area (Å²) in [6.07, 6.45) is 0.914. The van der Waals surface area contributed by atoms with Crippen molar-refractivity contribution in [3.8, 4) is 11.3 Å². The van der Waals surface area contributed by atoms with E-state index >= 15 is 0 Å². The molecule has 0 spiro atoms. The molecule has 1 saturated heterocycles. The van der Waals surface area contributed by atoms with Crippen molar-refractivity contribution in [1.82, 2.24) is 9.88 Å². The van der Waals surface area contributed by atoms with Gasteiger partial charge in [0, 0.05) is 22.0 Å². The minimum atomic E-state index is -0.854. The van der Waals surface area contributed by atoms with Gasteiger partial charge >= 0.3 is 6.09 Å². The average molecular weight is 353 g/mol. The number of likely N-dealkylation sites (tertiary alicyclic amines) is 1. The highest BCUT2D eigenvalue weighted by atomic mass is 79.9. The number of rotatable bonds is 2. The van der Waals surface area contributed by atoms with Crippen LogP contribution in [0.2, 0.25) is 0 Å². The minimum Gasteiger partial charge on any atom is -0.465 e. The Morgan fingerprint density at radius 1 is 1.40 bits per heavy atom. The maximum absolute atomic E-state index is 11.2. The lowest BCUT2D eigenvalue weighted by Crippen LogP contribution is -2.28. The largest absolute Gasteiger partial charge is 0.465 e. The zero-order valence-corrected chi connectivity index (χ0v) is 13.0. The van der Waals surface area contributed by atoms with E-state index in [1.807, 2.05) is 29.6 Å². The second-order valence-corrected chi connectivity index (χ2v) is 6.52. The van der Waals surface area contributed by atoms with E-state index in [2.05, 4.69) is 20.9 Å². The summed E-state index contributed by atoms with van der Waals surface area (Å²) in [5, 5.41) is 12.1. The Morgan fingerprint density at radius 2 is 2.15 bits per heavy atom. The van der Waals surface area contributed by atoms with Crippen LogP contribution < -0.4 is 0 Å². The van der Waals surface area contributed by atoms with Crippen molar-refractivity contribution in [3.05, 3.63) is 39.1 Å². The lowest BCUT2D eigenvalue weighted by Gasteiger charge is -2.18. The van der Waals surface area contributed by atoms with E-state index in [0.29, 0.717) is 6.54 Å². The number of carbonyl (C=O) groups is 1. The molecule has 3 rings (SSSR count). The van der Waals surface area contributed by atoms with Crippen LogP contribution in [-0.2, 0) is 0 Å². The van der Waals surface area contributed by atoms with E-state index in [1.54, 1.807) is 0 Å². The normalized spacial score (nSPS) is 18.4. The molecule has 2 aromatic rings. The van der Waals surface area contributed by atoms with Crippen LogP contribution in [0.4, 0.5) is 4.79 Å². The minimum absolute atomic E-state index is 0.0818. The number of amides is 1. The molecule has 1 unspecified atom stereocenters. The van der Waals surface area contributed by atoms with Crippen LogP contribution in [0.15, 0.2) is 34.1 Å². The Morgan fingerprint density at radius 3 is 2.85 bits per heavy atom. The first-order valence-electron chi connectivity index (χ1n) is 6.36. The number of halogens is 1. The quantitative estimate of drug-likeness (QED) is 0.871. The van der Waals surface area contributed by atoms with Gasteiger partial charge in [0.1, 0.15) is 5.01 Å². The highest BCUT2D eigenvalue weighted by molar-refractivity contribution is 9.10. The van der Waals surface area contributed by atoms with Crippen LogP contribution in [0.3, 0.4) is 0 Å². The fourth-order valence-corrected chi connectivity index (χ4v) is 3.69. The monoisotopic (exact) mass is 352 g/mol. The average Bonchev–Trinajstić information content (AvgIpc) is 3.08. The predicted molar refractivity (Wildman–Crippen MR) is 82.0 cm³/mol. The van der Waals surface area contributed by atoms with Gasteiger partial charge in [-0.1, -0.05) is 28.1 Å². The molecular formula is C14H13BrN2O2S. The third kappa shape index (κ3) is 2.58. The summed E-state index contributed by atoms with van der Waals surface area (Å²) in [7, 11) is 0. The molecule has 1 aromatic carbocycles. The smallest absolute Gasteiger partial charge is 0.407 e. The summed E-state index contributed by atoms with van der Waals surface area (Å²) in [6, 6.07) is 7.89. The first-order chi connectivity index (χ1) is 9.65. The lowest BCUT2D eigenvalue weighted by molar-refractivity contribution is 0.140. The van der Waals surface area contributed by atoms with Crippen molar-refractivity contribution in [3.63, 3.8) is 0 Å². The number of thiazole rings is 1. The van der Waals surface area contributed by atoms with E-state index in [9.17, 15) is 9.90 Å². The van der Waals surface area contributed by atoms with Crippen LogP contribution in [0, 0.1) is 0 Å². The molecule has 4 nitrogen and oxygen atoms in total. The molecule has 1 aliphatic heterocycles. The van der Waals surface area contributed by atoms with Crippen molar-refractivity contribution >= 4 is 33.4 Å². The van der Waals surface area contributed by atoms with Gasteiger partial charge in [0.05, 0.1) is 11.7 Å². The standard InChI is InChI=1S/C14H13BrN2O2S/c15-10-5-3-9(4-6-10)11-8-20-13(16-11)12-2-1-7-17(12)14(18)19/h3-6,8,12H,1-2,7H2,(H,18,19). The molecule has 1 N–H and O–H groups in total. The molecule has 1 atom stereocenters. The highest BCUT2D eigenvalue weighted by Gasteiger charge is 2.31. The second-order valence-electron chi connectivity index (χ2n) is 4.71. The van der Waals surface area contributed by atoms with Gasteiger partial charge in [-0.05, 0) is 25.0 Å². The van der Waals surface area contributed by atoms with Crippen molar-refractivity contribution in [1.29, 1.82) is 0 Å². The summed E-state index contributed by atoms with van der Waals surface area (Å²) >= 11 is 4.95. The zero-order chi connectivity index (χ0) is 14.1. The van der Waals surface area contributed by atoms with Crippen molar-refractivity contribution in [2.24, 2.45) is 0 Å². The van der Waals surface area contributed by atoms with E-state index in [0.717, 1.165) is 33.6 Å². The van der Waals surface area contributed by atoms with Gasteiger partial charge in [0.2, 0.25) is 0 Å². The van der Waals surface area contributed by atoms with Gasteiger partial charge in [-0.25, -0.2) is 9.78 Å². The summed E-state index contributed by atoms with van der Waals surface area (Å²) in [5.74, 6) is 0. The summed E-state index contributed by atoms with van der Waals surface area (Å²) in [6.45, 7) is 0.604. The van der Waals surface area contributed by atoms with Gasteiger partial charge in [0.25, 0.3) is 0 Å². The number of hydrogen-bond acceptors (Lipinski definition) is 3. The maximum Gasteiger partial charge on any atom is 0.407 e. The Kier molecular flexibility index (Phi) is 3.76. The van der Waals surface area contributed by atoms with Crippen LogP contribution in [0.5, 0.6) is 0 Å². The van der Waals surface area contributed by atoms with Gasteiger partial charge in [-0.3, -0.25) is 4.90 Å². The SMILES string of the molecule is O=C(O)N1CCCC1c1nc(-c2ccc(Br)cc2)cs1. The molecule has 1 aliphatic rings. The van der Waals surface area contributed by atoms with Crippen LogP contribution in [0.25, 0.3) is 11.3 Å². The molecule has 1 aromatic heterocycles. The number of benzene rings is 1. The van der Waals surface area contributed by atoms with Gasteiger partial charge in [-0.2, -0.15) is 0 Å². The summed E-state index contributed by atoms with van der Waals surface area (Å²) in [5.41, 5.74) is 1.96. The van der Waals surface area contributed by atoms with E-state index in [-0.39, 0.29) is 6.04 Å². The second kappa shape index (κ2) is 5.54. The van der Waals surface area contributed by atoms with Crippen molar-refractivity contribution in [2.75, 3.05) is 6.54 Å². The number of hydrogen-bond donors (Lipinski definition) is 1. The zero-order valence-electron chi connectivity index (χ0n) is 10.6. The third-order valence-corrected chi connectivity index (χ3v) is 4.92. The highest BCUT2D eigenvalue weighted by Crippen LogP contribution is 2.35. The molecule has 0 bridgehead atoms. The third-order valence-electron chi connectivity index (χ3n) is 3.45. The predicted octanol–water partition coefficient (Wildman–Crippen LogP) is 4.39. The van der Waals surface area contributed by atoms with Crippen LogP contribution >= 0.6 is 27.3 Å². The fourth-order valence-electron chi connectivity index (χ4n) is 2.45. The first kappa shape index (κ1) is 13.6. The number of aromatic nitrogens is 1. The topological polar surface area (TPSA) is 53.4 Å². The van der Waals surface area contributed by atoms with Crippen molar-refractivity contribution in [2.45, 2.75) is 18.9 Å². The fraction of sp³-hybridized carbons (Fsp3) is 0.286. The van der Waals surface area contributed by atoms with E-state index < -0.39 is 6.09 Å². The number of carboxylic acid groups (broad SMARTS) is 1. The molecule has 0 radical (unpaired) electrons. The van der Waals surface area contributed by atoms with Gasteiger partial charge in [0.15, 0.2) is 0 Å². The molecule has 1 amide bonds. The van der Waals surface area contributed by atoms with Gasteiger partial charge < -0.3 is 5.11 Å². The van der Waals surface area contributed by atoms with E-state index in [4.69, 9.17) is 0 Å². The Labute approximate surface area is 129 Å². The lowest BCUT2D eigenvalue weighted by atomic mass is 10.2. The van der Waals surface area contributed by atoms with E-state index in [1.165, 1.54) is 16.2 Å². The van der Waals surface area contributed by atoms with Crippen molar-refractivity contribution < 1.29 is 9.90 Å². The number of nitrogens with zero attached hydrogens (tertiary/aromatic N) is 2. The maximum atomic E-state index is 11.2. The first-order valence-corrected chi connectivity index (χ1v) is 8.03.